The summed E-state index contributed by atoms with van der Waals surface area (Å²) in [5.74, 6) is 0.320. The van der Waals surface area contributed by atoms with Crippen molar-refractivity contribution in [2.45, 2.75) is 25.7 Å². The second-order valence-electron chi connectivity index (χ2n) is 5.29. The zero-order valence-corrected chi connectivity index (χ0v) is 10.2. The van der Waals surface area contributed by atoms with Crippen LogP contribution >= 0.6 is 0 Å². The summed E-state index contributed by atoms with van der Waals surface area (Å²) >= 11 is 0. The van der Waals surface area contributed by atoms with Crippen molar-refractivity contribution in [2.24, 2.45) is 11.1 Å². The van der Waals surface area contributed by atoms with Crippen molar-refractivity contribution in [1.29, 1.82) is 0 Å². The minimum absolute atomic E-state index is 0.212. The van der Waals surface area contributed by atoms with Gasteiger partial charge in [0.05, 0.1) is 5.41 Å². The van der Waals surface area contributed by atoms with E-state index in [9.17, 15) is 4.79 Å². The van der Waals surface area contributed by atoms with Crippen molar-refractivity contribution >= 4 is 5.91 Å². The highest BCUT2D eigenvalue weighted by molar-refractivity contribution is 5.83. The number of amides is 1. The number of rotatable bonds is 2. The first-order chi connectivity index (χ1) is 7.68. The molecule has 4 heteroatoms. The molecule has 92 valence electrons. The lowest BCUT2D eigenvalue weighted by molar-refractivity contribution is -0.143. The molecule has 0 spiro atoms. The van der Waals surface area contributed by atoms with Gasteiger partial charge in [0, 0.05) is 32.7 Å². The molecule has 1 amide bonds. The second-order valence-corrected chi connectivity index (χ2v) is 5.29. The van der Waals surface area contributed by atoms with E-state index in [0.29, 0.717) is 12.5 Å². The van der Waals surface area contributed by atoms with Crippen LogP contribution in [0.4, 0.5) is 0 Å². The van der Waals surface area contributed by atoms with Crippen LogP contribution in [0.1, 0.15) is 25.7 Å². The Bertz CT molecular complexity index is 253. The third kappa shape index (κ3) is 2.09. The van der Waals surface area contributed by atoms with E-state index < -0.39 is 0 Å². The largest absolute Gasteiger partial charge is 0.340 e. The summed E-state index contributed by atoms with van der Waals surface area (Å²) in [7, 11) is 2.11. The number of likely N-dealkylation sites (N-methyl/N-ethyl adjacent to an activating group) is 1. The van der Waals surface area contributed by atoms with Crippen LogP contribution in [0.2, 0.25) is 0 Å². The zero-order valence-electron chi connectivity index (χ0n) is 10.2. The van der Waals surface area contributed by atoms with Crippen LogP contribution in [-0.4, -0.2) is 55.5 Å². The summed E-state index contributed by atoms with van der Waals surface area (Å²) in [6.45, 7) is 4.26. The number of nitrogens with zero attached hydrogens (tertiary/aromatic N) is 2. The molecule has 1 aliphatic carbocycles. The molecule has 1 saturated heterocycles. The molecular weight excluding hydrogens is 202 g/mol. The van der Waals surface area contributed by atoms with Crippen molar-refractivity contribution in [3.8, 4) is 0 Å². The maximum atomic E-state index is 12.5. The molecule has 0 aromatic heterocycles. The van der Waals surface area contributed by atoms with Gasteiger partial charge in [0.2, 0.25) is 5.91 Å². The molecule has 2 aliphatic rings. The quantitative estimate of drug-likeness (QED) is 0.734. The monoisotopic (exact) mass is 225 g/mol. The lowest BCUT2D eigenvalue weighted by Crippen LogP contribution is -2.53. The Morgan fingerprint density at radius 2 is 1.75 bits per heavy atom. The minimum atomic E-state index is -0.212. The number of hydrogen-bond acceptors (Lipinski definition) is 3. The van der Waals surface area contributed by atoms with Crippen molar-refractivity contribution in [1.82, 2.24) is 9.80 Å². The van der Waals surface area contributed by atoms with Crippen LogP contribution in [0, 0.1) is 5.41 Å². The standard InChI is InChI=1S/C12H23N3O/c1-14-6-8-15(9-7-14)11(16)12(10-13)4-2-3-5-12/h2-10,13H2,1H3. The first-order valence-electron chi connectivity index (χ1n) is 6.36. The van der Waals surface area contributed by atoms with E-state index in [4.69, 9.17) is 5.73 Å². The van der Waals surface area contributed by atoms with Gasteiger partial charge in [0.1, 0.15) is 0 Å². The van der Waals surface area contributed by atoms with Gasteiger partial charge in [-0.1, -0.05) is 12.8 Å². The summed E-state index contributed by atoms with van der Waals surface area (Å²) < 4.78 is 0. The first kappa shape index (κ1) is 11.9. The Morgan fingerprint density at radius 1 is 1.19 bits per heavy atom. The van der Waals surface area contributed by atoms with Crippen LogP contribution in [0.15, 0.2) is 0 Å². The van der Waals surface area contributed by atoms with E-state index in [1.807, 2.05) is 4.90 Å². The van der Waals surface area contributed by atoms with Crippen molar-refractivity contribution in [2.75, 3.05) is 39.8 Å². The van der Waals surface area contributed by atoms with Gasteiger partial charge in [-0.25, -0.2) is 0 Å². The Balaban J connectivity index is 2.00. The minimum Gasteiger partial charge on any atom is -0.340 e. The lowest BCUT2D eigenvalue weighted by Gasteiger charge is -2.38. The Kier molecular flexibility index (Phi) is 3.50. The fraction of sp³-hybridized carbons (Fsp3) is 0.917. The van der Waals surface area contributed by atoms with Crippen molar-refractivity contribution in [3.63, 3.8) is 0 Å². The average molecular weight is 225 g/mol. The van der Waals surface area contributed by atoms with Gasteiger partial charge in [-0.3, -0.25) is 4.79 Å². The summed E-state index contributed by atoms with van der Waals surface area (Å²) in [4.78, 5) is 16.8. The SMILES string of the molecule is CN1CCN(C(=O)C2(CN)CCCC2)CC1. The van der Waals surface area contributed by atoms with Gasteiger partial charge in [0.15, 0.2) is 0 Å². The van der Waals surface area contributed by atoms with E-state index in [-0.39, 0.29) is 5.41 Å². The van der Waals surface area contributed by atoms with Crippen LogP contribution in [0.3, 0.4) is 0 Å². The molecule has 2 fully saturated rings. The van der Waals surface area contributed by atoms with Gasteiger partial charge >= 0.3 is 0 Å². The van der Waals surface area contributed by atoms with Crippen LogP contribution in [0.5, 0.6) is 0 Å². The summed E-state index contributed by atoms with van der Waals surface area (Å²) in [5, 5.41) is 0. The number of carbonyl (C=O) groups is 1. The molecule has 16 heavy (non-hydrogen) atoms. The second kappa shape index (κ2) is 4.72. The van der Waals surface area contributed by atoms with Crippen LogP contribution in [-0.2, 0) is 4.79 Å². The van der Waals surface area contributed by atoms with Crippen molar-refractivity contribution < 1.29 is 4.79 Å². The zero-order chi connectivity index (χ0) is 11.6. The first-order valence-corrected chi connectivity index (χ1v) is 6.36. The molecule has 0 unspecified atom stereocenters. The fourth-order valence-corrected chi connectivity index (χ4v) is 2.90. The highest BCUT2D eigenvalue weighted by Crippen LogP contribution is 2.38. The van der Waals surface area contributed by atoms with Crippen LogP contribution < -0.4 is 5.73 Å². The Morgan fingerprint density at radius 3 is 2.25 bits per heavy atom. The maximum absolute atomic E-state index is 12.5. The predicted molar refractivity (Wildman–Crippen MR) is 64.0 cm³/mol. The van der Waals surface area contributed by atoms with Gasteiger partial charge in [-0.2, -0.15) is 0 Å². The van der Waals surface area contributed by atoms with Gasteiger partial charge in [-0.05, 0) is 19.9 Å². The molecule has 4 nitrogen and oxygen atoms in total. The van der Waals surface area contributed by atoms with Gasteiger partial charge in [-0.15, -0.1) is 0 Å². The fourth-order valence-electron chi connectivity index (χ4n) is 2.90. The summed E-state index contributed by atoms with van der Waals surface area (Å²) in [6, 6.07) is 0. The maximum Gasteiger partial charge on any atom is 0.230 e. The number of carbonyl (C=O) groups excluding carboxylic acids is 1. The number of hydrogen-bond donors (Lipinski definition) is 1. The predicted octanol–water partition coefficient (Wildman–Crippen LogP) is 0.280. The third-order valence-electron chi connectivity index (χ3n) is 4.20. The van der Waals surface area contributed by atoms with Gasteiger partial charge < -0.3 is 15.5 Å². The molecule has 2 rings (SSSR count). The summed E-state index contributed by atoms with van der Waals surface area (Å²) in [5.41, 5.74) is 5.63. The Hall–Kier alpha value is -0.610. The smallest absolute Gasteiger partial charge is 0.230 e. The van der Waals surface area contributed by atoms with Crippen LogP contribution in [0.25, 0.3) is 0 Å². The molecule has 0 aromatic carbocycles. The molecule has 0 bridgehead atoms. The highest BCUT2D eigenvalue weighted by Gasteiger charge is 2.42. The molecule has 0 aromatic rings. The summed E-state index contributed by atoms with van der Waals surface area (Å²) in [6.07, 6.45) is 4.32. The third-order valence-corrected chi connectivity index (χ3v) is 4.20. The molecular formula is C12H23N3O. The van der Waals surface area contributed by atoms with E-state index >= 15 is 0 Å². The molecule has 1 aliphatic heterocycles. The molecule has 0 radical (unpaired) electrons. The molecule has 1 saturated carbocycles. The topological polar surface area (TPSA) is 49.6 Å². The molecule has 2 N–H and O–H groups in total. The molecule has 0 atom stereocenters. The van der Waals surface area contributed by atoms with E-state index in [0.717, 1.165) is 51.9 Å². The van der Waals surface area contributed by atoms with E-state index in [2.05, 4.69) is 11.9 Å². The average Bonchev–Trinajstić information content (AvgIpc) is 2.79. The lowest BCUT2D eigenvalue weighted by atomic mass is 9.84. The molecule has 1 heterocycles. The normalized spacial score (nSPS) is 26.0. The van der Waals surface area contributed by atoms with Crippen molar-refractivity contribution in [3.05, 3.63) is 0 Å². The number of piperazine rings is 1. The van der Waals surface area contributed by atoms with E-state index in [1.54, 1.807) is 0 Å². The Labute approximate surface area is 97.8 Å². The number of nitrogens with two attached hydrogens (primary N) is 1. The van der Waals surface area contributed by atoms with Gasteiger partial charge in [0.25, 0.3) is 0 Å². The van der Waals surface area contributed by atoms with E-state index in [1.165, 1.54) is 0 Å². The highest BCUT2D eigenvalue weighted by atomic mass is 16.2.